The molecule has 1 aromatic carbocycles. The summed E-state index contributed by atoms with van der Waals surface area (Å²) in [4.78, 5) is 14.0. The summed E-state index contributed by atoms with van der Waals surface area (Å²) >= 11 is 0. The Morgan fingerprint density at radius 3 is 2.44 bits per heavy atom. The highest BCUT2D eigenvalue weighted by Crippen LogP contribution is 2.16. The second-order valence-corrected chi connectivity index (χ2v) is 4.47. The molecular formula is C15H17NO2. The maximum Gasteiger partial charge on any atom is 0.257 e. The van der Waals surface area contributed by atoms with E-state index < -0.39 is 0 Å². The molecular weight excluding hydrogens is 226 g/mol. The van der Waals surface area contributed by atoms with Crippen LogP contribution in [0.2, 0.25) is 0 Å². The Bertz CT molecular complexity index is 543. The molecule has 0 saturated heterocycles. The number of furan rings is 1. The van der Waals surface area contributed by atoms with Crippen molar-refractivity contribution in [1.29, 1.82) is 0 Å². The van der Waals surface area contributed by atoms with Gasteiger partial charge in [-0.2, -0.15) is 0 Å². The Kier molecular flexibility index (Phi) is 3.51. The van der Waals surface area contributed by atoms with E-state index in [0.29, 0.717) is 17.9 Å². The molecule has 0 unspecified atom stereocenters. The van der Waals surface area contributed by atoms with E-state index in [1.165, 1.54) is 0 Å². The minimum Gasteiger partial charge on any atom is -0.466 e. The van der Waals surface area contributed by atoms with Crippen LogP contribution < -0.4 is 0 Å². The number of nitrogens with zero attached hydrogens (tertiary/aromatic N) is 1. The second kappa shape index (κ2) is 5.08. The minimum atomic E-state index is -0.00629. The summed E-state index contributed by atoms with van der Waals surface area (Å²) in [6.07, 6.45) is 0. The monoisotopic (exact) mass is 243 g/mol. The van der Waals surface area contributed by atoms with Crippen LogP contribution >= 0.6 is 0 Å². The number of amides is 1. The zero-order valence-corrected chi connectivity index (χ0v) is 10.9. The summed E-state index contributed by atoms with van der Waals surface area (Å²) in [6, 6.07) is 11.7. The van der Waals surface area contributed by atoms with Gasteiger partial charge in [0.05, 0.1) is 5.56 Å². The van der Waals surface area contributed by atoms with Crippen molar-refractivity contribution >= 4 is 5.91 Å². The van der Waals surface area contributed by atoms with Gasteiger partial charge in [-0.1, -0.05) is 30.3 Å². The minimum absolute atomic E-state index is 0.00629. The summed E-state index contributed by atoms with van der Waals surface area (Å²) < 4.78 is 5.39. The van der Waals surface area contributed by atoms with E-state index in [4.69, 9.17) is 4.42 Å². The third-order valence-corrected chi connectivity index (χ3v) is 2.88. The van der Waals surface area contributed by atoms with Crippen LogP contribution in [0, 0.1) is 13.8 Å². The third kappa shape index (κ3) is 2.62. The average Bonchev–Trinajstić information content (AvgIpc) is 2.68. The lowest BCUT2D eigenvalue weighted by Gasteiger charge is -2.16. The fourth-order valence-corrected chi connectivity index (χ4v) is 1.98. The summed E-state index contributed by atoms with van der Waals surface area (Å²) in [5, 5.41) is 0. The van der Waals surface area contributed by atoms with Crippen molar-refractivity contribution < 1.29 is 9.21 Å². The summed E-state index contributed by atoms with van der Waals surface area (Å²) in [7, 11) is 1.80. The molecule has 0 aliphatic rings. The number of carbonyl (C=O) groups excluding carboxylic acids is 1. The van der Waals surface area contributed by atoms with Gasteiger partial charge >= 0.3 is 0 Å². The summed E-state index contributed by atoms with van der Waals surface area (Å²) in [6.45, 7) is 4.26. The van der Waals surface area contributed by atoms with Crippen molar-refractivity contribution in [2.45, 2.75) is 20.4 Å². The fraction of sp³-hybridized carbons (Fsp3) is 0.267. The van der Waals surface area contributed by atoms with E-state index in [-0.39, 0.29) is 5.91 Å². The molecule has 3 heteroatoms. The SMILES string of the molecule is Cc1cc(C(=O)N(C)Cc2ccccc2)c(C)o1. The second-order valence-electron chi connectivity index (χ2n) is 4.47. The molecule has 18 heavy (non-hydrogen) atoms. The lowest BCUT2D eigenvalue weighted by Crippen LogP contribution is -2.26. The van der Waals surface area contributed by atoms with E-state index in [9.17, 15) is 4.79 Å². The quantitative estimate of drug-likeness (QED) is 0.829. The van der Waals surface area contributed by atoms with Crippen LogP contribution in [0.25, 0.3) is 0 Å². The van der Waals surface area contributed by atoms with Crippen LogP contribution in [0.15, 0.2) is 40.8 Å². The highest BCUT2D eigenvalue weighted by molar-refractivity contribution is 5.95. The molecule has 2 rings (SSSR count). The number of rotatable bonds is 3. The molecule has 0 saturated carbocycles. The van der Waals surface area contributed by atoms with Crippen molar-refractivity contribution in [1.82, 2.24) is 4.90 Å². The number of hydrogen-bond acceptors (Lipinski definition) is 2. The van der Waals surface area contributed by atoms with Gasteiger partial charge in [0.25, 0.3) is 5.91 Å². The van der Waals surface area contributed by atoms with E-state index in [2.05, 4.69) is 0 Å². The lowest BCUT2D eigenvalue weighted by atomic mass is 10.2. The standard InChI is InChI=1S/C15H17NO2/c1-11-9-14(12(2)18-11)15(17)16(3)10-13-7-5-4-6-8-13/h4-9H,10H2,1-3H3. The molecule has 2 aromatic rings. The van der Waals surface area contributed by atoms with Crippen LogP contribution in [0.1, 0.15) is 27.4 Å². The van der Waals surface area contributed by atoms with Gasteiger partial charge in [-0.3, -0.25) is 4.79 Å². The van der Waals surface area contributed by atoms with Gasteiger partial charge in [0.1, 0.15) is 11.5 Å². The van der Waals surface area contributed by atoms with Crippen molar-refractivity contribution in [2.24, 2.45) is 0 Å². The first-order valence-corrected chi connectivity index (χ1v) is 5.94. The predicted molar refractivity (Wildman–Crippen MR) is 70.4 cm³/mol. The molecule has 0 radical (unpaired) electrons. The van der Waals surface area contributed by atoms with Crippen molar-refractivity contribution in [3.8, 4) is 0 Å². The zero-order valence-electron chi connectivity index (χ0n) is 10.9. The van der Waals surface area contributed by atoms with Crippen LogP contribution in [0.4, 0.5) is 0 Å². The van der Waals surface area contributed by atoms with Gasteiger partial charge in [-0.25, -0.2) is 0 Å². The Morgan fingerprint density at radius 2 is 1.89 bits per heavy atom. The Morgan fingerprint density at radius 1 is 1.22 bits per heavy atom. The van der Waals surface area contributed by atoms with E-state index in [1.54, 1.807) is 18.0 Å². The molecule has 0 bridgehead atoms. The van der Waals surface area contributed by atoms with Crippen molar-refractivity contribution in [3.05, 3.63) is 59.0 Å². The first-order chi connectivity index (χ1) is 8.58. The number of carbonyl (C=O) groups is 1. The number of benzene rings is 1. The Labute approximate surface area is 107 Å². The first kappa shape index (κ1) is 12.4. The molecule has 1 amide bonds. The molecule has 0 aliphatic heterocycles. The molecule has 0 fully saturated rings. The first-order valence-electron chi connectivity index (χ1n) is 5.94. The average molecular weight is 243 g/mol. The highest BCUT2D eigenvalue weighted by Gasteiger charge is 2.17. The molecule has 0 N–H and O–H groups in total. The highest BCUT2D eigenvalue weighted by atomic mass is 16.3. The van der Waals surface area contributed by atoms with Gasteiger partial charge in [-0.15, -0.1) is 0 Å². The molecule has 0 atom stereocenters. The normalized spacial score (nSPS) is 10.4. The van der Waals surface area contributed by atoms with Crippen LogP contribution in [0.5, 0.6) is 0 Å². The molecule has 0 aliphatic carbocycles. The van der Waals surface area contributed by atoms with Gasteiger partial charge in [0.15, 0.2) is 0 Å². The largest absolute Gasteiger partial charge is 0.466 e. The van der Waals surface area contributed by atoms with Gasteiger partial charge in [-0.05, 0) is 25.5 Å². The fourth-order valence-electron chi connectivity index (χ4n) is 1.98. The maximum absolute atomic E-state index is 12.2. The van der Waals surface area contributed by atoms with Crippen LogP contribution in [-0.4, -0.2) is 17.9 Å². The zero-order chi connectivity index (χ0) is 13.1. The lowest BCUT2D eigenvalue weighted by molar-refractivity contribution is 0.0783. The molecule has 0 spiro atoms. The van der Waals surface area contributed by atoms with E-state index >= 15 is 0 Å². The predicted octanol–water partition coefficient (Wildman–Crippen LogP) is 3.17. The topological polar surface area (TPSA) is 33.5 Å². The van der Waals surface area contributed by atoms with Crippen molar-refractivity contribution in [3.63, 3.8) is 0 Å². The number of aryl methyl sites for hydroxylation is 2. The Hall–Kier alpha value is -2.03. The van der Waals surface area contributed by atoms with Gasteiger partial charge in [0.2, 0.25) is 0 Å². The van der Waals surface area contributed by atoms with Gasteiger partial charge < -0.3 is 9.32 Å². The Balaban J connectivity index is 2.12. The summed E-state index contributed by atoms with van der Waals surface area (Å²) in [5.74, 6) is 1.44. The van der Waals surface area contributed by atoms with Crippen LogP contribution in [0.3, 0.4) is 0 Å². The smallest absolute Gasteiger partial charge is 0.257 e. The maximum atomic E-state index is 12.2. The molecule has 1 heterocycles. The molecule has 1 aromatic heterocycles. The number of hydrogen-bond donors (Lipinski definition) is 0. The van der Waals surface area contributed by atoms with Gasteiger partial charge in [0, 0.05) is 13.6 Å². The molecule has 94 valence electrons. The third-order valence-electron chi connectivity index (χ3n) is 2.88. The molecule has 3 nitrogen and oxygen atoms in total. The van der Waals surface area contributed by atoms with Crippen LogP contribution in [-0.2, 0) is 6.54 Å². The van der Waals surface area contributed by atoms with Crippen molar-refractivity contribution in [2.75, 3.05) is 7.05 Å². The summed E-state index contributed by atoms with van der Waals surface area (Å²) in [5.41, 5.74) is 1.76. The van der Waals surface area contributed by atoms with E-state index in [0.717, 1.165) is 11.3 Å². The van der Waals surface area contributed by atoms with E-state index in [1.807, 2.05) is 44.2 Å².